The molecule has 0 aliphatic carbocycles. The van der Waals surface area contributed by atoms with Crippen LogP contribution in [0.4, 0.5) is 0 Å². The first-order chi connectivity index (χ1) is 15.9. The van der Waals surface area contributed by atoms with E-state index in [1.54, 1.807) is 23.7 Å². The predicted molar refractivity (Wildman–Crippen MR) is 122 cm³/mol. The summed E-state index contributed by atoms with van der Waals surface area (Å²) in [4.78, 5) is 34.2. The van der Waals surface area contributed by atoms with Crippen molar-refractivity contribution in [2.24, 2.45) is 0 Å². The molecule has 4 aromatic rings. The van der Waals surface area contributed by atoms with Gasteiger partial charge >= 0.3 is 11.9 Å². The average Bonchev–Trinajstić information content (AvgIpc) is 3.15. The van der Waals surface area contributed by atoms with Crippen LogP contribution in [0.25, 0.3) is 16.7 Å². The molecule has 0 N–H and O–H groups in total. The van der Waals surface area contributed by atoms with Crippen LogP contribution in [0.2, 0.25) is 0 Å². The fourth-order valence-electron chi connectivity index (χ4n) is 3.73. The number of benzene rings is 1. The average molecular weight is 444 g/mol. The largest absolute Gasteiger partial charge is 0.462 e. The Bertz CT molecular complexity index is 1340. The molecule has 8 nitrogen and oxygen atoms in total. The lowest BCUT2D eigenvalue weighted by Crippen LogP contribution is -2.15. The fourth-order valence-corrected chi connectivity index (χ4v) is 3.73. The summed E-state index contributed by atoms with van der Waals surface area (Å²) in [6, 6.07) is 12.8. The minimum Gasteiger partial charge on any atom is -0.462 e. The third kappa shape index (κ3) is 4.45. The number of para-hydroxylation sites is 1. The quantitative estimate of drug-likeness (QED) is 0.410. The van der Waals surface area contributed by atoms with Gasteiger partial charge in [-0.3, -0.25) is 0 Å². The summed E-state index contributed by atoms with van der Waals surface area (Å²) in [6.07, 6.45) is 1.44. The number of esters is 2. The second-order valence-electron chi connectivity index (χ2n) is 7.62. The molecule has 4 rings (SSSR count). The van der Waals surface area contributed by atoms with Crippen molar-refractivity contribution < 1.29 is 19.1 Å². The molecule has 8 heteroatoms. The molecule has 0 aliphatic heterocycles. The summed E-state index contributed by atoms with van der Waals surface area (Å²) >= 11 is 0. The van der Waals surface area contributed by atoms with E-state index in [-0.39, 0.29) is 18.8 Å². The van der Waals surface area contributed by atoms with Crippen molar-refractivity contribution in [3.05, 3.63) is 82.4 Å². The summed E-state index contributed by atoms with van der Waals surface area (Å²) in [5.41, 5.74) is 4.24. The highest BCUT2D eigenvalue weighted by Crippen LogP contribution is 2.24. The highest BCUT2D eigenvalue weighted by molar-refractivity contribution is 5.98. The van der Waals surface area contributed by atoms with Gasteiger partial charge in [0, 0.05) is 17.3 Å². The maximum Gasteiger partial charge on any atom is 0.340 e. The zero-order valence-electron chi connectivity index (χ0n) is 19.0. The lowest BCUT2D eigenvalue weighted by Gasteiger charge is -2.14. The van der Waals surface area contributed by atoms with E-state index in [9.17, 15) is 9.59 Å². The third-order valence-corrected chi connectivity index (χ3v) is 5.26. The van der Waals surface area contributed by atoms with Gasteiger partial charge in [-0.05, 0) is 57.5 Å². The number of nitrogens with zero attached hydrogens (tertiary/aromatic N) is 4. The van der Waals surface area contributed by atoms with Crippen LogP contribution in [-0.2, 0) is 16.1 Å². The van der Waals surface area contributed by atoms with Crippen LogP contribution in [0.1, 0.15) is 50.3 Å². The van der Waals surface area contributed by atoms with Crippen molar-refractivity contribution in [3.8, 4) is 5.82 Å². The van der Waals surface area contributed by atoms with Gasteiger partial charge in [-0.2, -0.15) is 5.10 Å². The van der Waals surface area contributed by atoms with E-state index >= 15 is 0 Å². The molecule has 0 saturated heterocycles. The Kier molecular flexibility index (Phi) is 6.17. The molecule has 0 atom stereocenters. The summed E-state index contributed by atoms with van der Waals surface area (Å²) in [5, 5.41) is 5.24. The van der Waals surface area contributed by atoms with Gasteiger partial charge in [-0.1, -0.05) is 18.2 Å². The Labute approximate surface area is 191 Å². The van der Waals surface area contributed by atoms with E-state index in [2.05, 4.69) is 15.1 Å². The van der Waals surface area contributed by atoms with E-state index in [1.165, 1.54) is 6.20 Å². The zero-order valence-corrected chi connectivity index (χ0v) is 19.0. The number of fused-ring (bicyclic) bond motifs is 1. The van der Waals surface area contributed by atoms with Crippen LogP contribution in [0.15, 0.2) is 48.7 Å². The minimum absolute atomic E-state index is 0.169. The van der Waals surface area contributed by atoms with Gasteiger partial charge in [0.15, 0.2) is 5.82 Å². The molecule has 33 heavy (non-hydrogen) atoms. The number of carbonyl (C=O) groups is 2. The van der Waals surface area contributed by atoms with Crippen molar-refractivity contribution in [3.63, 3.8) is 0 Å². The fraction of sp³-hybridized carbons (Fsp3) is 0.240. The van der Waals surface area contributed by atoms with Gasteiger partial charge in [-0.25, -0.2) is 24.2 Å². The molecular formula is C25H24N4O4. The molecule has 0 aliphatic rings. The Morgan fingerprint density at radius 3 is 2.45 bits per heavy atom. The van der Waals surface area contributed by atoms with Gasteiger partial charge in [-0.15, -0.1) is 0 Å². The number of hydrogen-bond acceptors (Lipinski definition) is 7. The van der Waals surface area contributed by atoms with Gasteiger partial charge in [0.25, 0.3) is 0 Å². The molecule has 0 saturated carbocycles. The van der Waals surface area contributed by atoms with Gasteiger partial charge in [0.05, 0.1) is 34.6 Å². The van der Waals surface area contributed by atoms with Crippen molar-refractivity contribution in [1.82, 2.24) is 19.7 Å². The molecule has 3 aromatic heterocycles. The summed E-state index contributed by atoms with van der Waals surface area (Å²) in [6.45, 7) is 7.48. The molecule has 1 aromatic carbocycles. The SMILES string of the molecule is CCOC(=O)c1c(COC(=O)c2ccc(-n3nc(C)cc3C)nc2)nc2ccccc2c1C. The number of aromatic nitrogens is 4. The second kappa shape index (κ2) is 9.20. The molecule has 0 spiro atoms. The van der Waals surface area contributed by atoms with Crippen molar-refractivity contribution in [2.75, 3.05) is 6.61 Å². The van der Waals surface area contributed by atoms with Crippen molar-refractivity contribution in [1.29, 1.82) is 0 Å². The molecular weight excluding hydrogens is 420 g/mol. The number of hydrogen-bond donors (Lipinski definition) is 0. The number of rotatable bonds is 6. The second-order valence-corrected chi connectivity index (χ2v) is 7.62. The van der Waals surface area contributed by atoms with E-state index in [0.29, 0.717) is 22.6 Å². The highest BCUT2D eigenvalue weighted by atomic mass is 16.5. The summed E-state index contributed by atoms with van der Waals surface area (Å²) in [7, 11) is 0. The molecule has 0 amide bonds. The molecule has 3 heterocycles. The van der Waals surface area contributed by atoms with Gasteiger partial charge < -0.3 is 9.47 Å². The number of pyridine rings is 2. The van der Waals surface area contributed by atoms with Crippen LogP contribution in [0.5, 0.6) is 0 Å². The van der Waals surface area contributed by atoms with E-state index < -0.39 is 11.9 Å². The lowest BCUT2D eigenvalue weighted by atomic mass is 10.0. The van der Waals surface area contributed by atoms with E-state index in [4.69, 9.17) is 9.47 Å². The molecule has 0 unspecified atom stereocenters. The third-order valence-electron chi connectivity index (χ3n) is 5.26. The van der Waals surface area contributed by atoms with Crippen LogP contribution >= 0.6 is 0 Å². The first kappa shape index (κ1) is 22.1. The van der Waals surface area contributed by atoms with Crippen LogP contribution in [0, 0.1) is 20.8 Å². The smallest absolute Gasteiger partial charge is 0.340 e. The van der Waals surface area contributed by atoms with E-state index in [1.807, 2.05) is 51.1 Å². The van der Waals surface area contributed by atoms with Gasteiger partial charge in [0.2, 0.25) is 0 Å². The lowest BCUT2D eigenvalue weighted by molar-refractivity contribution is 0.0444. The van der Waals surface area contributed by atoms with Crippen LogP contribution < -0.4 is 0 Å². The van der Waals surface area contributed by atoms with Crippen LogP contribution in [0.3, 0.4) is 0 Å². The first-order valence-electron chi connectivity index (χ1n) is 10.6. The molecule has 168 valence electrons. The predicted octanol–water partition coefficient (Wildman–Crippen LogP) is 4.27. The summed E-state index contributed by atoms with van der Waals surface area (Å²) < 4.78 is 12.4. The zero-order chi connectivity index (χ0) is 23.5. The molecule has 0 bridgehead atoms. The Morgan fingerprint density at radius 1 is 1.00 bits per heavy atom. The Balaban J connectivity index is 1.57. The molecule has 0 radical (unpaired) electrons. The number of aryl methyl sites for hydroxylation is 3. The monoisotopic (exact) mass is 444 g/mol. The van der Waals surface area contributed by atoms with Crippen molar-refractivity contribution in [2.45, 2.75) is 34.3 Å². The van der Waals surface area contributed by atoms with Gasteiger partial charge in [0.1, 0.15) is 6.61 Å². The maximum absolute atomic E-state index is 12.7. The highest BCUT2D eigenvalue weighted by Gasteiger charge is 2.21. The van der Waals surface area contributed by atoms with Crippen LogP contribution in [-0.4, -0.2) is 38.3 Å². The minimum atomic E-state index is -0.565. The first-order valence-corrected chi connectivity index (χ1v) is 10.6. The topological polar surface area (TPSA) is 96.2 Å². The standard InChI is InChI=1S/C25H24N4O4/c1-5-32-25(31)23-17(4)19-8-6-7-9-20(19)27-21(23)14-33-24(30)18-10-11-22(26-13-18)29-16(3)12-15(2)28-29/h6-13H,5,14H2,1-4H3. The molecule has 0 fully saturated rings. The number of carbonyl (C=O) groups excluding carboxylic acids is 2. The summed E-state index contributed by atoms with van der Waals surface area (Å²) in [5.74, 6) is -0.450. The number of ether oxygens (including phenoxy) is 2. The normalized spacial score (nSPS) is 10.9. The van der Waals surface area contributed by atoms with Crippen molar-refractivity contribution >= 4 is 22.8 Å². The Morgan fingerprint density at radius 2 is 1.79 bits per heavy atom. The maximum atomic E-state index is 12.7. The Hall–Kier alpha value is -4.07. The van der Waals surface area contributed by atoms with E-state index in [0.717, 1.165) is 22.3 Å².